The van der Waals surface area contributed by atoms with Crippen LogP contribution in [0.25, 0.3) is 0 Å². The lowest BCUT2D eigenvalue weighted by Crippen LogP contribution is -2.55. The van der Waals surface area contributed by atoms with Crippen molar-refractivity contribution in [3.63, 3.8) is 0 Å². The SMILES string of the molecule is CCOC(=O)c1cc(C#N)c(N2CC(C(=O)NS(=O)(=O)c3cccc(OC)c3)C2)nc1C. The van der Waals surface area contributed by atoms with Gasteiger partial charge in [-0.15, -0.1) is 0 Å². The highest BCUT2D eigenvalue weighted by atomic mass is 32.2. The Morgan fingerprint density at radius 3 is 2.66 bits per heavy atom. The Morgan fingerprint density at radius 1 is 1.31 bits per heavy atom. The number of carbonyl (C=O) groups excluding carboxylic acids is 2. The van der Waals surface area contributed by atoms with E-state index in [1.54, 1.807) is 24.8 Å². The molecule has 0 saturated carbocycles. The molecule has 0 radical (unpaired) electrons. The van der Waals surface area contributed by atoms with Crippen molar-refractivity contribution in [2.45, 2.75) is 18.7 Å². The van der Waals surface area contributed by atoms with Crippen LogP contribution in [-0.4, -0.2) is 52.1 Å². The van der Waals surface area contributed by atoms with Gasteiger partial charge in [-0.05, 0) is 32.0 Å². The van der Waals surface area contributed by atoms with Crippen LogP contribution in [-0.2, 0) is 19.6 Å². The highest BCUT2D eigenvalue weighted by molar-refractivity contribution is 7.90. The first-order valence-corrected chi connectivity index (χ1v) is 11.2. The van der Waals surface area contributed by atoms with Crippen LogP contribution in [0.15, 0.2) is 35.2 Å². The van der Waals surface area contributed by atoms with Crippen LogP contribution < -0.4 is 14.4 Å². The fraction of sp³-hybridized carbons (Fsp3) is 0.333. The molecular formula is C21H22N4O6S. The van der Waals surface area contributed by atoms with Gasteiger partial charge in [-0.3, -0.25) is 4.79 Å². The van der Waals surface area contributed by atoms with Crippen LogP contribution in [0.5, 0.6) is 5.75 Å². The zero-order valence-electron chi connectivity index (χ0n) is 17.8. The van der Waals surface area contributed by atoms with E-state index in [1.165, 1.54) is 31.4 Å². The number of amides is 1. The van der Waals surface area contributed by atoms with E-state index in [1.807, 2.05) is 6.07 Å². The molecule has 1 amide bonds. The van der Waals surface area contributed by atoms with Crippen LogP contribution in [0, 0.1) is 24.2 Å². The molecule has 0 bridgehead atoms. The van der Waals surface area contributed by atoms with Crippen LogP contribution in [0.4, 0.5) is 5.82 Å². The molecule has 0 spiro atoms. The van der Waals surface area contributed by atoms with Gasteiger partial charge in [0.25, 0.3) is 10.0 Å². The molecule has 168 valence electrons. The second-order valence-electron chi connectivity index (χ2n) is 7.08. The van der Waals surface area contributed by atoms with Crippen molar-refractivity contribution in [3.8, 4) is 11.8 Å². The van der Waals surface area contributed by atoms with E-state index >= 15 is 0 Å². The number of nitrogens with one attached hydrogen (secondary N) is 1. The number of aromatic nitrogens is 1. The molecular weight excluding hydrogens is 436 g/mol. The minimum atomic E-state index is -4.05. The number of hydrogen-bond donors (Lipinski definition) is 1. The highest BCUT2D eigenvalue weighted by Crippen LogP contribution is 2.28. The summed E-state index contributed by atoms with van der Waals surface area (Å²) in [6, 6.07) is 9.21. The molecule has 2 aromatic rings. The van der Waals surface area contributed by atoms with Gasteiger partial charge in [-0.1, -0.05) is 6.07 Å². The van der Waals surface area contributed by atoms with E-state index in [9.17, 15) is 23.3 Å². The van der Waals surface area contributed by atoms with E-state index in [0.29, 0.717) is 17.3 Å². The van der Waals surface area contributed by atoms with Gasteiger partial charge in [0.05, 0.1) is 41.4 Å². The standard InChI is InChI=1S/C21H22N4O6S/c1-4-31-21(27)18-8-14(10-22)19(23-13(18)2)25-11-15(12-25)20(26)24-32(28,29)17-7-5-6-16(9-17)30-3/h5-9,15H,4,11-12H2,1-3H3,(H,24,26). The van der Waals surface area contributed by atoms with E-state index in [-0.39, 0.29) is 35.7 Å². The van der Waals surface area contributed by atoms with Gasteiger partial charge in [-0.2, -0.15) is 5.26 Å². The molecule has 1 aromatic heterocycles. The van der Waals surface area contributed by atoms with Crippen molar-refractivity contribution in [2.75, 3.05) is 31.7 Å². The largest absolute Gasteiger partial charge is 0.497 e. The number of nitrogens with zero attached hydrogens (tertiary/aromatic N) is 3. The van der Waals surface area contributed by atoms with Crippen molar-refractivity contribution >= 4 is 27.7 Å². The smallest absolute Gasteiger partial charge is 0.340 e. The Hall–Kier alpha value is -3.65. The van der Waals surface area contributed by atoms with E-state index < -0.39 is 27.8 Å². The highest BCUT2D eigenvalue weighted by Gasteiger charge is 2.37. The Bertz CT molecular complexity index is 1200. The maximum absolute atomic E-state index is 12.5. The number of sulfonamides is 1. The van der Waals surface area contributed by atoms with Crippen LogP contribution in [0.2, 0.25) is 0 Å². The lowest BCUT2D eigenvalue weighted by molar-refractivity contribution is -0.123. The predicted octanol–water partition coefficient (Wildman–Crippen LogP) is 1.39. The third-order valence-electron chi connectivity index (χ3n) is 4.95. The number of esters is 1. The molecule has 0 unspecified atom stereocenters. The Balaban J connectivity index is 1.70. The number of aryl methyl sites for hydroxylation is 1. The quantitative estimate of drug-likeness (QED) is 0.610. The Kier molecular flexibility index (Phi) is 6.64. The molecule has 1 aliphatic heterocycles. The fourth-order valence-electron chi connectivity index (χ4n) is 3.19. The predicted molar refractivity (Wildman–Crippen MR) is 114 cm³/mol. The first-order valence-electron chi connectivity index (χ1n) is 9.74. The summed E-state index contributed by atoms with van der Waals surface area (Å²) in [6.45, 7) is 3.86. The zero-order valence-corrected chi connectivity index (χ0v) is 18.6. The minimum absolute atomic E-state index is 0.0833. The van der Waals surface area contributed by atoms with Crippen LogP contribution >= 0.6 is 0 Å². The topological polar surface area (TPSA) is 139 Å². The molecule has 1 N–H and O–H groups in total. The van der Waals surface area contributed by atoms with E-state index in [4.69, 9.17) is 9.47 Å². The molecule has 10 nitrogen and oxygen atoms in total. The van der Waals surface area contributed by atoms with Gasteiger partial charge in [0.2, 0.25) is 5.91 Å². The monoisotopic (exact) mass is 458 g/mol. The maximum Gasteiger partial charge on any atom is 0.340 e. The van der Waals surface area contributed by atoms with E-state index in [0.717, 1.165) is 0 Å². The number of rotatable bonds is 7. The first-order chi connectivity index (χ1) is 15.2. The average molecular weight is 458 g/mol. The van der Waals surface area contributed by atoms with E-state index in [2.05, 4.69) is 9.71 Å². The second-order valence-corrected chi connectivity index (χ2v) is 8.76. The van der Waals surface area contributed by atoms with Crippen LogP contribution in [0.1, 0.15) is 28.5 Å². The maximum atomic E-state index is 12.5. The van der Waals surface area contributed by atoms with Crippen molar-refractivity contribution in [3.05, 3.63) is 47.2 Å². The summed E-state index contributed by atoms with van der Waals surface area (Å²) in [5.41, 5.74) is 0.763. The number of pyridine rings is 1. The Morgan fingerprint density at radius 2 is 2.03 bits per heavy atom. The summed E-state index contributed by atoms with van der Waals surface area (Å²) < 4.78 is 37.1. The van der Waals surface area contributed by atoms with Crippen molar-refractivity contribution < 1.29 is 27.5 Å². The number of ether oxygens (including phenoxy) is 2. The minimum Gasteiger partial charge on any atom is -0.497 e. The molecule has 11 heteroatoms. The van der Waals surface area contributed by atoms with Gasteiger partial charge in [-0.25, -0.2) is 22.9 Å². The summed E-state index contributed by atoms with van der Waals surface area (Å²) >= 11 is 0. The van der Waals surface area contributed by atoms with Crippen molar-refractivity contribution in [1.82, 2.24) is 9.71 Å². The number of benzene rings is 1. The molecule has 0 aliphatic carbocycles. The average Bonchev–Trinajstić information content (AvgIpc) is 2.72. The van der Waals surface area contributed by atoms with Crippen LogP contribution in [0.3, 0.4) is 0 Å². The normalized spacial score (nSPS) is 13.6. The number of hydrogen-bond acceptors (Lipinski definition) is 9. The molecule has 32 heavy (non-hydrogen) atoms. The van der Waals surface area contributed by atoms with Gasteiger partial charge >= 0.3 is 5.97 Å². The van der Waals surface area contributed by atoms with Crippen molar-refractivity contribution in [1.29, 1.82) is 5.26 Å². The molecule has 1 saturated heterocycles. The number of nitriles is 1. The third-order valence-corrected chi connectivity index (χ3v) is 6.29. The first kappa shape index (κ1) is 23.0. The van der Waals surface area contributed by atoms with Gasteiger partial charge in [0, 0.05) is 19.2 Å². The third kappa shape index (κ3) is 4.65. The van der Waals surface area contributed by atoms with Gasteiger partial charge < -0.3 is 14.4 Å². The number of methoxy groups -OCH3 is 1. The molecule has 2 heterocycles. The molecule has 1 aliphatic rings. The molecule has 1 aromatic carbocycles. The fourth-order valence-corrected chi connectivity index (χ4v) is 4.27. The van der Waals surface area contributed by atoms with Gasteiger partial charge in [0.15, 0.2) is 0 Å². The lowest BCUT2D eigenvalue weighted by atomic mass is 9.98. The summed E-state index contributed by atoms with van der Waals surface area (Å²) in [5, 5.41) is 9.47. The summed E-state index contributed by atoms with van der Waals surface area (Å²) in [7, 11) is -2.64. The molecule has 3 rings (SSSR count). The summed E-state index contributed by atoms with van der Waals surface area (Å²) in [6.07, 6.45) is 0. The Labute approximate surface area is 185 Å². The zero-order chi connectivity index (χ0) is 23.5. The number of anilines is 1. The van der Waals surface area contributed by atoms with Gasteiger partial charge in [0.1, 0.15) is 17.6 Å². The number of carbonyl (C=O) groups is 2. The van der Waals surface area contributed by atoms with Crippen molar-refractivity contribution in [2.24, 2.45) is 5.92 Å². The molecule has 0 atom stereocenters. The summed E-state index contributed by atoms with van der Waals surface area (Å²) in [5.74, 6) is -1.13. The molecule has 1 fully saturated rings. The lowest BCUT2D eigenvalue weighted by Gasteiger charge is -2.39. The summed E-state index contributed by atoms with van der Waals surface area (Å²) in [4.78, 5) is 30.5. The second kappa shape index (κ2) is 9.23.